The third kappa shape index (κ3) is 1.91. The molecule has 0 aromatic carbocycles. The average Bonchev–Trinajstić information content (AvgIpc) is 2.33. The molecule has 5 heteroatoms. The Morgan fingerprint density at radius 1 is 1.64 bits per heavy atom. The highest BCUT2D eigenvalue weighted by Crippen LogP contribution is 2.13. The highest BCUT2D eigenvalue weighted by atomic mass is 16.4. The second-order valence-corrected chi connectivity index (χ2v) is 3.04. The minimum absolute atomic E-state index is 0.0386. The van der Waals surface area contributed by atoms with E-state index in [4.69, 9.17) is 10.4 Å². The van der Waals surface area contributed by atoms with Gasteiger partial charge in [0.15, 0.2) is 0 Å². The predicted octanol–water partition coefficient (Wildman–Crippen LogP) is 0.651. The summed E-state index contributed by atoms with van der Waals surface area (Å²) in [6.45, 7) is 3.68. The standard InChI is InChI=1S/C9H11N3O2/c1-6-8(5-9(13)14)7(2)12(11-6)4-3-10/h4-5H2,1-2H3,(H,13,14). The van der Waals surface area contributed by atoms with E-state index in [9.17, 15) is 4.79 Å². The Balaban J connectivity index is 3.06. The van der Waals surface area contributed by atoms with Crippen molar-refractivity contribution in [3.05, 3.63) is 17.0 Å². The van der Waals surface area contributed by atoms with E-state index in [1.807, 2.05) is 6.07 Å². The summed E-state index contributed by atoms with van der Waals surface area (Å²) in [4.78, 5) is 10.5. The Morgan fingerprint density at radius 3 is 2.79 bits per heavy atom. The van der Waals surface area contributed by atoms with E-state index in [0.29, 0.717) is 11.3 Å². The highest BCUT2D eigenvalue weighted by molar-refractivity contribution is 5.70. The molecule has 0 amide bonds. The lowest BCUT2D eigenvalue weighted by molar-refractivity contribution is -0.136. The molecule has 74 valence electrons. The molecule has 0 spiro atoms. The van der Waals surface area contributed by atoms with Crippen molar-refractivity contribution in [3.63, 3.8) is 0 Å². The van der Waals surface area contributed by atoms with E-state index < -0.39 is 5.97 Å². The van der Waals surface area contributed by atoms with Crippen molar-refractivity contribution in [3.8, 4) is 6.07 Å². The van der Waals surface area contributed by atoms with Crippen LogP contribution in [-0.2, 0) is 17.8 Å². The van der Waals surface area contributed by atoms with Gasteiger partial charge in [0, 0.05) is 11.3 Å². The van der Waals surface area contributed by atoms with Crippen LogP contribution in [0.2, 0.25) is 0 Å². The molecule has 0 atom stereocenters. The van der Waals surface area contributed by atoms with Gasteiger partial charge in [-0.3, -0.25) is 9.48 Å². The largest absolute Gasteiger partial charge is 0.481 e. The lowest BCUT2D eigenvalue weighted by Crippen LogP contribution is -2.04. The molecule has 0 aliphatic heterocycles. The number of carboxylic acid groups (broad SMARTS) is 1. The van der Waals surface area contributed by atoms with Crippen LogP contribution in [0.1, 0.15) is 17.0 Å². The third-order valence-electron chi connectivity index (χ3n) is 2.08. The minimum Gasteiger partial charge on any atom is -0.481 e. The number of hydrogen-bond acceptors (Lipinski definition) is 3. The molecule has 5 nitrogen and oxygen atoms in total. The zero-order chi connectivity index (χ0) is 10.7. The number of carboxylic acids is 1. The monoisotopic (exact) mass is 193 g/mol. The van der Waals surface area contributed by atoms with Gasteiger partial charge in [0.2, 0.25) is 0 Å². The van der Waals surface area contributed by atoms with Crippen LogP contribution in [0.5, 0.6) is 0 Å². The fraction of sp³-hybridized carbons (Fsp3) is 0.444. The average molecular weight is 193 g/mol. The minimum atomic E-state index is -0.882. The number of hydrogen-bond donors (Lipinski definition) is 1. The van der Waals surface area contributed by atoms with E-state index >= 15 is 0 Å². The molecule has 1 N–H and O–H groups in total. The Hall–Kier alpha value is -1.83. The van der Waals surface area contributed by atoms with Crippen LogP contribution in [0.3, 0.4) is 0 Å². The normalized spacial score (nSPS) is 9.79. The van der Waals surface area contributed by atoms with E-state index in [0.717, 1.165) is 5.69 Å². The number of aliphatic carboxylic acids is 1. The topological polar surface area (TPSA) is 78.9 Å². The maximum atomic E-state index is 10.5. The van der Waals surface area contributed by atoms with Crippen molar-refractivity contribution in [2.24, 2.45) is 0 Å². The molecule has 0 saturated carbocycles. The molecule has 1 aromatic heterocycles. The van der Waals surface area contributed by atoms with Gasteiger partial charge in [0.1, 0.15) is 6.54 Å². The molecule has 0 aliphatic rings. The maximum Gasteiger partial charge on any atom is 0.307 e. The zero-order valence-electron chi connectivity index (χ0n) is 8.11. The number of carbonyl (C=O) groups is 1. The number of nitrogens with zero attached hydrogens (tertiary/aromatic N) is 3. The Kier molecular flexibility index (Phi) is 2.87. The Morgan fingerprint density at radius 2 is 2.29 bits per heavy atom. The van der Waals surface area contributed by atoms with E-state index in [1.165, 1.54) is 4.68 Å². The molecule has 0 fully saturated rings. The molecule has 0 radical (unpaired) electrons. The van der Waals surface area contributed by atoms with Gasteiger partial charge in [0.05, 0.1) is 18.2 Å². The SMILES string of the molecule is Cc1nn(CC#N)c(C)c1CC(=O)O. The molecule has 1 rings (SSSR count). The van der Waals surface area contributed by atoms with Crippen LogP contribution < -0.4 is 0 Å². The summed E-state index contributed by atoms with van der Waals surface area (Å²) in [5.41, 5.74) is 2.14. The second-order valence-electron chi connectivity index (χ2n) is 3.04. The van der Waals surface area contributed by atoms with Crippen LogP contribution >= 0.6 is 0 Å². The smallest absolute Gasteiger partial charge is 0.307 e. The summed E-state index contributed by atoms with van der Waals surface area (Å²) in [5, 5.41) is 21.2. The molecular weight excluding hydrogens is 182 g/mol. The van der Waals surface area contributed by atoms with Crippen LogP contribution in [0.25, 0.3) is 0 Å². The van der Waals surface area contributed by atoms with Crippen LogP contribution in [0, 0.1) is 25.2 Å². The maximum absolute atomic E-state index is 10.5. The van der Waals surface area contributed by atoms with Gasteiger partial charge in [-0.1, -0.05) is 0 Å². The molecule has 0 aliphatic carbocycles. The summed E-state index contributed by atoms with van der Waals surface area (Å²) in [5.74, 6) is -0.882. The molecule has 1 aromatic rings. The van der Waals surface area contributed by atoms with Gasteiger partial charge in [0.25, 0.3) is 0 Å². The van der Waals surface area contributed by atoms with Gasteiger partial charge in [-0.25, -0.2) is 0 Å². The van der Waals surface area contributed by atoms with Crippen LogP contribution in [-0.4, -0.2) is 20.9 Å². The predicted molar refractivity (Wildman–Crippen MR) is 48.7 cm³/mol. The van der Waals surface area contributed by atoms with E-state index in [2.05, 4.69) is 5.10 Å². The summed E-state index contributed by atoms with van der Waals surface area (Å²) in [6, 6.07) is 1.97. The summed E-state index contributed by atoms with van der Waals surface area (Å²) < 4.78 is 1.52. The molecule has 0 saturated heterocycles. The molecular formula is C9H11N3O2. The summed E-state index contributed by atoms with van der Waals surface area (Å²) in [6.07, 6.45) is -0.0386. The van der Waals surface area contributed by atoms with Gasteiger partial charge in [-0.2, -0.15) is 10.4 Å². The van der Waals surface area contributed by atoms with E-state index in [1.54, 1.807) is 13.8 Å². The first-order valence-corrected chi connectivity index (χ1v) is 4.18. The lowest BCUT2D eigenvalue weighted by Gasteiger charge is -1.98. The first-order chi connectivity index (χ1) is 6.56. The van der Waals surface area contributed by atoms with Crippen LogP contribution in [0.15, 0.2) is 0 Å². The lowest BCUT2D eigenvalue weighted by atomic mass is 10.1. The Labute approximate surface area is 81.6 Å². The third-order valence-corrected chi connectivity index (χ3v) is 2.08. The van der Waals surface area contributed by atoms with Crippen molar-refractivity contribution >= 4 is 5.97 Å². The Bertz CT molecular complexity index is 401. The van der Waals surface area contributed by atoms with Gasteiger partial charge >= 0.3 is 5.97 Å². The first kappa shape index (κ1) is 10.3. The van der Waals surface area contributed by atoms with Crippen molar-refractivity contribution in [1.29, 1.82) is 5.26 Å². The number of aryl methyl sites for hydroxylation is 1. The van der Waals surface area contributed by atoms with Gasteiger partial charge < -0.3 is 5.11 Å². The second kappa shape index (κ2) is 3.92. The molecule has 0 unspecified atom stereocenters. The van der Waals surface area contributed by atoms with Gasteiger partial charge in [-0.15, -0.1) is 0 Å². The van der Waals surface area contributed by atoms with Gasteiger partial charge in [-0.05, 0) is 13.8 Å². The highest BCUT2D eigenvalue weighted by Gasteiger charge is 2.13. The number of aromatic nitrogens is 2. The van der Waals surface area contributed by atoms with Crippen molar-refractivity contribution < 1.29 is 9.90 Å². The summed E-state index contributed by atoms with van der Waals surface area (Å²) >= 11 is 0. The van der Waals surface area contributed by atoms with E-state index in [-0.39, 0.29) is 13.0 Å². The van der Waals surface area contributed by atoms with Crippen molar-refractivity contribution in [2.75, 3.05) is 0 Å². The number of nitriles is 1. The van der Waals surface area contributed by atoms with Crippen LogP contribution in [0.4, 0.5) is 0 Å². The fourth-order valence-electron chi connectivity index (χ4n) is 1.36. The van der Waals surface area contributed by atoms with Crippen molar-refractivity contribution in [1.82, 2.24) is 9.78 Å². The van der Waals surface area contributed by atoms with Crippen molar-refractivity contribution in [2.45, 2.75) is 26.8 Å². The summed E-state index contributed by atoms with van der Waals surface area (Å²) in [7, 11) is 0. The quantitative estimate of drug-likeness (QED) is 0.764. The zero-order valence-corrected chi connectivity index (χ0v) is 8.11. The first-order valence-electron chi connectivity index (χ1n) is 4.18. The molecule has 0 bridgehead atoms. The number of rotatable bonds is 3. The fourth-order valence-corrected chi connectivity index (χ4v) is 1.36. The molecule has 14 heavy (non-hydrogen) atoms. The molecule has 1 heterocycles.